The van der Waals surface area contributed by atoms with Gasteiger partial charge in [-0.2, -0.15) is 5.10 Å². The van der Waals surface area contributed by atoms with Crippen LogP contribution < -0.4 is 10.2 Å². The number of methoxy groups -OCH3 is 1. The summed E-state index contributed by atoms with van der Waals surface area (Å²) in [5.41, 5.74) is 4.31. The van der Waals surface area contributed by atoms with Crippen molar-refractivity contribution in [2.24, 2.45) is 11.8 Å². The standard InChI is InChI=1S/C25H27ClN10O2/c1-15-19(8-28-25(30-15)34-9-17-5-18(17)10-34)11-35-12-21(22(31-35)13-38-2)24(37)27-7-16-6-20(26)3-4-23(16)36-14-29-32-33-36/h3-4,6,8,12,14,17-18H,5,7,9-11,13H2,1-2H3,(H,27,37). The van der Waals surface area contributed by atoms with Crippen molar-refractivity contribution in [1.29, 1.82) is 0 Å². The summed E-state index contributed by atoms with van der Waals surface area (Å²) in [5.74, 6) is 2.15. The molecule has 2 unspecified atom stereocenters. The number of nitrogens with one attached hydrogen (secondary N) is 1. The van der Waals surface area contributed by atoms with E-state index in [0.717, 1.165) is 53.4 Å². The van der Waals surface area contributed by atoms with Crippen molar-refractivity contribution in [1.82, 2.24) is 45.3 Å². The van der Waals surface area contributed by atoms with Gasteiger partial charge in [0.15, 0.2) is 0 Å². The molecule has 1 aromatic carbocycles. The van der Waals surface area contributed by atoms with E-state index < -0.39 is 0 Å². The zero-order valence-electron chi connectivity index (χ0n) is 21.1. The van der Waals surface area contributed by atoms with Gasteiger partial charge in [0, 0.05) is 55.4 Å². The van der Waals surface area contributed by atoms with Gasteiger partial charge in [-0.3, -0.25) is 9.48 Å². The first-order chi connectivity index (χ1) is 18.5. The molecule has 1 amide bonds. The summed E-state index contributed by atoms with van der Waals surface area (Å²) in [6.07, 6.45) is 6.41. The lowest BCUT2D eigenvalue weighted by atomic mass is 10.1. The van der Waals surface area contributed by atoms with Crippen LogP contribution >= 0.6 is 11.6 Å². The Bertz CT molecular complexity index is 1460. The SMILES string of the molecule is COCc1nn(Cc2cnc(N3CC4CC4C3)nc2C)cc1C(=O)NCc1cc(Cl)ccc1-n1cnnn1. The number of piperidine rings is 1. The maximum absolute atomic E-state index is 13.2. The average molecular weight is 535 g/mol. The number of aryl methyl sites for hydroxylation is 1. The van der Waals surface area contributed by atoms with Crippen LogP contribution in [0.25, 0.3) is 5.69 Å². The van der Waals surface area contributed by atoms with Crippen molar-refractivity contribution in [2.75, 3.05) is 25.1 Å². The predicted molar refractivity (Wildman–Crippen MR) is 138 cm³/mol. The normalized spacial score (nSPS) is 18.0. The number of carbonyl (C=O) groups excluding carboxylic acids is 1. The molecule has 1 aliphatic heterocycles. The fraction of sp³-hybridized carbons (Fsp3) is 0.400. The lowest BCUT2D eigenvalue weighted by molar-refractivity contribution is 0.0946. The maximum atomic E-state index is 13.2. The van der Waals surface area contributed by atoms with Gasteiger partial charge < -0.3 is 15.0 Å². The molecule has 4 aromatic rings. The molecule has 2 aliphatic rings. The third kappa shape index (κ3) is 4.96. The number of fused-ring (bicyclic) bond motifs is 1. The Morgan fingerprint density at radius 2 is 2.08 bits per heavy atom. The largest absolute Gasteiger partial charge is 0.378 e. The van der Waals surface area contributed by atoms with Crippen LogP contribution in [0.1, 0.15) is 39.3 Å². The fourth-order valence-electron chi connectivity index (χ4n) is 4.96. The second-order valence-corrected chi connectivity index (χ2v) is 10.2. The molecule has 0 bridgehead atoms. The van der Waals surface area contributed by atoms with Gasteiger partial charge in [0.1, 0.15) is 12.0 Å². The van der Waals surface area contributed by atoms with Crippen molar-refractivity contribution < 1.29 is 9.53 Å². The summed E-state index contributed by atoms with van der Waals surface area (Å²) in [5, 5.41) is 19.4. The van der Waals surface area contributed by atoms with E-state index in [0.29, 0.717) is 22.8 Å². The van der Waals surface area contributed by atoms with E-state index in [4.69, 9.17) is 21.3 Å². The van der Waals surface area contributed by atoms with Gasteiger partial charge in [-0.25, -0.2) is 14.6 Å². The number of tetrazole rings is 1. The first-order valence-corrected chi connectivity index (χ1v) is 12.8. The van der Waals surface area contributed by atoms with E-state index in [-0.39, 0.29) is 19.1 Å². The van der Waals surface area contributed by atoms with Crippen molar-refractivity contribution in [3.63, 3.8) is 0 Å². The Morgan fingerprint density at radius 1 is 1.24 bits per heavy atom. The minimum Gasteiger partial charge on any atom is -0.378 e. The third-order valence-electron chi connectivity index (χ3n) is 7.10. The number of hydrogen-bond donors (Lipinski definition) is 1. The Hall–Kier alpha value is -3.90. The van der Waals surface area contributed by atoms with Gasteiger partial charge in [-0.15, -0.1) is 5.10 Å². The molecule has 6 rings (SSSR count). The number of rotatable bonds is 9. The molecule has 196 valence electrons. The molecule has 0 spiro atoms. The van der Waals surface area contributed by atoms with Crippen LogP contribution in [0.2, 0.25) is 5.02 Å². The molecule has 4 heterocycles. The van der Waals surface area contributed by atoms with E-state index in [2.05, 4.69) is 35.8 Å². The highest BCUT2D eigenvalue weighted by Crippen LogP contribution is 2.45. The fourth-order valence-corrected chi connectivity index (χ4v) is 5.15. The number of amides is 1. The Balaban J connectivity index is 1.17. The molecule has 13 heteroatoms. The number of hydrogen-bond acceptors (Lipinski definition) is 9. The van der Waals surface area contributed by atoms with Gasteiger partial charge in [-0.05, 0) is 59.4 Å². The Kier molecular flexibility index (Phi) is 6.50. The van der Waals surface area contributed by atoms with E-state index in [1.165, 1.54) is 17.4 Å². The maximum Gasteiger partial charge on any atom is 0.255 e. The quantitative estimate of drug-likeness (QED) is 0.343. The summed E-state index contributed by atoms with van der Waals surface area (Å²) >= 11 is 6.21. The highest BCUT2D eigenvalue weighted by molar-refractivity contribution is 6.30. The van der Waals surface area contributed by atoms with Crippen LogP contribution in [0.4, 0.5) is 5.95 Å². The molecule has 3 aromatic heterocycles. The summed E-state index contributed by atoms with van der Waals surface area (Å²) in [6.45, 7) is 4.95. The van der Waals surface area contributed by atoms with Crippen molar-refractivity contribution in [3.05, 3.63) is 70.0 Å². The molecule has 12 nitrogen and oxygen atoms in total. The second kappa shape index (κ2) is 10.1. The second-order valence-electron chi connectivity index (χ2n) is 9.77. The van der Waals surface area contributed by atoms with Crippen LogP contribution in [-0.4, -0.2) is 66.1 Å². The highest BCUT2D eigenvalue weighted by Gasteiger charge is 2.45. The first-order valence-electron chi connectivity index (χ1n) is 12.4. The summed E-state index contributed by atoms with van der Waals surface area (Å²) in [6, 6.07) is 5.32. The molecule has 1 aliphatic carbocycles. The number of nitrogens with zero attached hydrogens (tertiary/aromatic N) is 9. The van der Waals surface area contributed by atoms with Crippen LogP contribution in [0, 0.1) is 18.8 Å². The van der Waals surface area contributed by atoms with Crippen molar-refractivity contribution >= 4 is 23.5 Å². The minimum atomic E-state index is -0.276. The number of anilines is 1. The van der Waals surface area contributed by atoms with Gasteiger partial charge in [0.2, 0.25) is 5.95 Å². The highest BCUT2D eigenvalue weighted by atomic mass is 35.5. The molecule has 2 atom stereocenters. The molecule has 0 radical (unpaired) electrons. The van der Waals surface area contributed by atoms with Gasteiger partial charge in [0.05, 0.1) is 24.4 Å². The van der Waals surface area contributed by atoms with Crippen LogP contribution in [0.5, 0.6) is 0 Å². The van der Waals surface area contributed by atoms with Gasteiger partial charge >= 0.3 is 0 Å². The summed E-state index contributed by atoms with van der Waals surface area (Å²) < 4.78 is 8.56. The summed E-state index contributed by atoms with van der Waals surface area (Å²) in [7, 11) is 1.57. The molecule has 1 saturated carbocycles. The van der Waals surface area contributed by atoms with Crippen LogP contribution in [0.15, 0.2) is 36.9 Å². The molecule has 2 fully saturated rings. The van der Waals surface area contributed by atoms with E-state index in [1.54, 1.807) is 36.2 Å². The van der Waals surface area contributed by atoms with Gasteiger partial charge in [0.25, 0.3) is 5.91 Å². The monoisotopic (exact) mass is 534 g/mol. The van der Waals surface area contributed by atoms with Crippen LogP contribution in [0.3, 0.4) is 0 Å². The molecule has 38 heavy (non-hydrogen) atoms. The molecule has 1 saturated heterocycles. The summed E-state index contributed by atoms with van der Waals surface area (Å²) in [4.78, 5) is 24.9. The smallest absolute Gasteiger partial charge is 0.255 e. The Labute approximate surface area is 224 Å². The average Bonchev–Trinajstić information content (AvgIpc) is 3.31. The number of aromatic nitrogens is 8. The van der Waals surface area contributed by atoms with E-state index >= 15 is 0 Å². The van der Waals surface area contributed by atoms with E-state index in [9.17, 15) is 4.79 Å². The predicted octanol–water partition coefficient (Wildman–Crippen LogP) is 2.19. The lowest BCUT2D eigenvalue weighted by Crippen LogP contribution is -2.24. The number of ether oxygens (including phenoxy) is 1. The minimum absolute atomic E-state index is 0.203. The zero-order valence-corrected chi connectivity index (χ0v) is 21.8. The molecular formula is C25H27ClN10O2. The van der Waals surface area contributed by atoms with Crippen LogP contribution in [-0.2, 0) is 24.4 Å². The topological polar surface area (TPSA) is 129 Å². The number of halogens is 1. The first kappa shape index (κ1) is 24.4. The van der Waals surface area contributed by atoms with Gasteiger partial charge in [-0.1, -0.05) is 11.6 Å². The van der Waals surface area contributed by atoms with Crippen molar-refractivity contribution in [2.45, 2.75) is 33.0 Å². The van der Waals surface area contributed by atoms with E-state index in [1.807, 2.05) is 13.1 Å². The molecular weight excluding hydrogens is 508 g/mol. The third-order valence-corrected chi connectivity index (χ3v) is 7.34. The Morgan fingerprint density at radius 3 is 2.82 bits per heavy atom. The number of carbonyl (C=O) groups is 1. The lowest BCUT2D eigenvalue weighted by Gasteiger charge is -2.18. The molecule has 1 N–H and O–H groups in total. The van der Waals surface area contributed by atoms with Crippen molar-refractivity contribution in [3.8, 4) is 5.69 Å². The number of benzene rings is 1. The zero-order chi connectivity index (χ0) is 26.2.